The van der Waals surface area contributed by atoms with Gasteiger partial charge in [0.1, 0.15) is 15.6 Å². The molecule has 3 aromatic rings. The number of carbonyl (C=O) groups is 1. The molecule has 0 aliphatic heterocycles. The van der Waals surface area contributed by atoms with Crippen LogP contribution in [-0.4, -0.2) is 30.2 Å². The standard InChI is InChI=1S/C20H20N2O4S/c1-11-5-7-14(15(23)9-11)22-19(24)18-12(2)21-20(27-18)13-6-8-16(25-3)17(10-13)26-4/h5-10,23H,1-4H3,(H,22,24). The second-order valence-electron chi connectivity index (χ2n) is 5.98. The van der Waals surface area contributed by atoms with E-state index < -0.39 is 0 Å². The number of phenolic OH excluding ortho intramolecular Hbond substituents is 1. The number of aryl methyl sites for hydroxylation is 2. The summed E-state index contributed by atoms with van der Waals surface area (Å²) in [7, 11) is 3.15. The first-order valence-corrected chi connectivity index (χ1v) is 9.05. The number of rotatable bonds is 5. The SMILES string of the molecule is COc1ccc(-c2nc(C)c(C(=O)Nc3ccc(C)cc3O)s2)cc1OC. The van der Waals surface area contributed by atoms with Crippen molar-refractivity contribution >= 4 is 22.9 Å². The number of methoxy groups -OCH3 is 2. The molecule has 6 nitrogen and oxygen atoms in total. The van der Waals surface area contributed by atoms with Crippen LogP contribution in [0.1, 0.15) is 20.9 Å². The Balaban J connectivity index is 1.89. The first kappa shape index (κ1) is 18.7. The summed E-state index contributed by atoms with van der Waals surface area (Å²) in [6.07, 6.45) is 0. The minimum absolute atomic E-state index is 0.0330. The lowest BCUT2D eigenvalue weighted by atomic mass is 10.2. The zero-order chi connectivity index (χ0) is 19.6. The van der Waals surface area contributed by atoms with Gasteiger partial charge in [0.2, 0.25) is 0 Å². The van der Waals surface area contributed by atoms with E-state index in [1.54, 1.807) is 39.3 Å². The van der Waals surface area contributed by atoms with Crippen molar-refractivity contribution in [3.8, 4) is 27.8 Å². The van der Waals surface area contributed by atoms with E-state index in [9.17, 15) is 9.90 Å². The van der Waals surface area contributed by atoms with Crippen LogP contribution in [0.5, 0.6) is 17.2 Å². The van der Waals surface area contributed by atoms with Gasteiger partial charge < -0.3 is 19.9 Å². The van der Waals surface area contributed by atoms with Gasteiger partial charge in [0, 0.05) is 5.56 Å². The van der Waals surface area contributed by atoms with Crippen molar-refractivity contribution in [2.45, 2.75) is 13.8 Å². The summed E-state index contributed by atoms with van der Waals surface area (Å²) in [5.41, 5.74) is 2.73. The molecular formula is C20H20N2O4S. The monoisotopic (exact) mass is 384 g/mol. The lowest BCUT2D eigenvalue weighted by Gasteiger charge is -2.08. The molecule has 27 heavy (non-hydrogen) atoms. The molecule has 1 heterocycles. The number of amides is 1. The number of ether oxygens (including phenoxy) is 2. The Morgan fingerprint density at radius 2 is 1.81 bits per heavy atom. The molecule has 2 aromatic carbocycles. The van der Waals surface area contributed by atoms with Crippen molar-refractivity contribution in [1.29, 1.82) is 0 Å². The number of aromatic nitrogens is 1. The third kappa shape index (κ3) is 3.88. The minimum atomic E-state index is -0.309. The number of nitrogens with one attached hydrogen (secondary N) is 1. The summed E-state index contributed by atoms with van der Waals surface area (Å²) in [5, 5.41) is 13.4. The Morgan fingerprint density at radius 3 is 2.48 bits per heavy atom. The fourth-order valence-corrected chi connectivity index (χ4v) is 3.58. The zero-order valence-electron chi connectivity index (χ0n) is 15.5. The third-order valence-corrected chi connectivity index (χ3v) is 5.24. The largest absolute Gasteiger partial charge is 0.506 e. The molecule has 2 N–H and O–H groups in total. The minimum Gasteiger partial charge on any atom is -0.506 e. The van der Waals surface area contributed by atoms with E-state index in [4.69, 9.17) is 9.47 Å². The summed E-state index contributed by atoms with van der Waals surface area (Å²) in [6, 6.07) is 10.6. The van der Waals surface area contributed by atoms with E-state index >= 15 is 0 Å². The smallest absolute Gasteiger partial charge is 0.267 e. The van der Waals surface area contributed by atoms with Gasteiger partial charge in [-0.2, -0.15) is 0 Å². The van der Waals surface area contributed by atoms with E-state index in [-0.39, 0.29) is 11.7 Å². The molecule has 0 unspecified atom stereocenters. The molecule has 140 valence electrons. The average Bonchev–Trinajstić information content (AvgIpc) is 3.05. The van der Waals surface area contributed by atoms with Crippen LogP contribution in [-0.2, 0) is 0 Å². The number of benzene rings is 2. The molecule has 0 spiro atoms. The van der Waals surface area contributed by atoms with E-state index in [0.717, 1.165) is 11.1 Å². The highest BCUT2D eigenvalue weighted by atomic mass is 32.1. The predicted molar refractivity (Wildman–Crippen MR) is 106 cm³/mol. The number of nitrogens with zero attached hydrogens (tertiary/aromatic N) is 1. The van der Waals surface area contributed by atoms with E-state index in [1.165, 1.54) is 11.3 Å². The second-order valence-corrected chi connectivity index (χ2v) is 6.98. The van der Waals surface area contributed by atoms with Crippen LogP contribution in [0.25, 0.3) is 10.6 Å². The van der Waals surface area contributed by atoms with Gasteiger partial charge in [0.05, 0.1) is 25.6 Å². The van der Waals surface area contributed by atoms with Crippen molar-refractivity contribution in [2.24, 2.45) is 0 Å². The summed E-state index contributed by atoms with van der Waals surface area (Å²) in [5.74, 6) is 0.947. The van der Waals surface area contributed by atoms with Crippen molar-refractivity contribution in [3.05, 3.63) is 52.5 Å². The van der Waals surface area contributed by atoms with Crippen molar-refractivity contribution in [2.75, 3.05) is 19.5 Å². The fourth-order valence-electron chi connectivity index (χ4n) is 2.63. The Bertz CT molecular complexity index is 998. The Hall–Kier alpha value is -3.06. The summed E-state index contributed by atoms with van der Waals surface area (Å²) in [6.45, 7) is 3.65. The molecule has 0 aliphatic carbocycles. The Labute approximate surface area is 161 Å². The Morgan fingerprint density at radius 1 is 1.07 bits per heavy atom. The molecule has 0 saturated carbocycles. The maximum atomic E-state index is 12.6. The third-order valence-electron chi connectivity index (χ3n) is 4.03. The van der Waals surface area contributed by atoms with Gasteiger partial charge in [-0.1, -0.05) is 6.07 Å². The molecule has 1 aromatic heterocycles. The number of hydrogen-bond acceptors (Lipinski definition) is 6. The van der Waals surface area contributed by atoms with Crippen LogP contribution < -0.4 is 14.8 Å². The maximum Gasteiger partial charge on any atom is 0.267 e. The van der Waals surface area contributed by atoms with Gasteiger partial charge in [-0.25, -0.2) is 4.98 Å². The fraction of sp³-hybridized carbons (Fsp3) is 0.200. The second kappa shape index (κ2) is 7.67. The van der Waals surface area contributed by atoms with Gasteiger partial charge in [-0.05, 0) is 49.7 Å². The number of hydrogen-bond donors (Lipinski definition) is 2. The maximum absolute atomic E-state index is 12.6. The van der Waals surface area contributed by atoms with Crippen molar-refractivity contribution in [1.82, 2.24) is 4.98 Å². The first-order chi connectivity index (χ1) is 12.9. The normalized spacial score (nSPS) is 10.5. The van der Waals surface area contributed by atoms with E-state index in [2.05, 4.69) is 10.3 Å². The summed E-state index contributed by atoms with van der Waals surface area (Å²) < 4.78 is 10.6. The average molecular weight is 384 g/mol. The molecular weight excluding hydrogens is 364 g/mol. The molecule has 0 atom stereocenters. The lowest BCUT2D eigenvalue weighted by Crippen LogP contribution is -2.11. The summed E-state index contributed by atoms with van der Waals surface area (Å²) in [4.78, 5) is 17.6. The zero-order valence-corrected chi connectivity index (χ0v) is 16.3. The predicted octanol–water partition coefficient (Wildman–Crippen LogP) is 4.40. The van der Waals surface area contributed by atoms with Crippen LogP contribution in [0.4, 0.5) is 5.69 Å². The number of aromatic hydroxyl groups is 1. The van der Waals surface area contributed by atoms with Crippen LogP contribution >= 0.6 is 11.3 Å². The first-order valence-electron chi connectivity index (χ1n) is 8.23. The van der Waals surface area contributed by atoms with E-state index in [0.29, 0.717) is 32.8 Å². The van der Waals surface area contributed by atoms with Crippen LogP contribution in [0, 0.1) is 13.8 Å². The number of phenols is 1. The molecule has 3 rings (SSSR count). The number of anilines is 1. The highest BCUT2D eigenvalue weighted by Crippen LogP contribution is 2.35. The van der Waals surface area contributed by atoms with Crippen LogP contribution in [0.15, 0.2) is 36.4 Å². The molecule has 0 saturated heterocycles. The van der Waals surface area contributed by atoms with Gasteiger partial charge in [0.15, 0.2) is 11.5 Å². The van der Waals surface area contributed by atoms with E-state index in [1.807, 2.05) is 25.1 Å². The van der Waals surface area contributed by atoms with Crippen LogP contribution in [0.3, 0.4) is 0 Å². The quantitative estimate of drug-likeness (QED) is 0.637. The number of thiazole rings is 1. The molecule has 0 aliphatic rings. The molecule has 0 fully saturated rings. The van der Waals surface area contributed by atoms with Crippen LogP contribution in [0.2, 0.25) is 0 Å². The molecule has 0 bridgehead atoms. The highest BCUT2D eigenvalue weighted by molar-refractivity contribution is 7.17. The lowest BCUT2D eigenvalue weighted by molar-refractivity contribution is 0.102. The van der Waals surface area contributed by atoms with Gasteiger partial charge in [-0.3, -0.25) is 4.79 Å². The highest BCUT2D eigenvalue weighted by Gasteiger charge is 2.18. The van der Waals surface area contributed by atoms with Gasteiger partial charge in [-0.15, -0.1) is 11.3 Å². The molecule has 1 amide bonds. The number of carbonyl (C=O) groups excluding carboxylic acids is 1. The van der Waals surface area contributed by atoms with Gasteiger partial charge >= 0.3 is 0 Å². The Kier molecular flexibility index (Phi) is 5.32. The summed E-state index contributed by atoms with van der Waals surface area (Å²) >= 11 is 1.28. The van der Waals surface area contributed by atoms with Gasteiger partial charge in [0.25, 0.3) is 5.91 Å². The molecule has 7 heteroatoms. The van der Waals surface area contributed by atoms with Crippen molar-refractivity contribution in [3.63, 3.8) is 0 Å². The van der Waals surface area contributed by atoms with Crippen molar-refractivity contribution < 1.29 is 19.4 Å². The molecule has 0 radical (unpaired) electrons. The topological polar surface area (TPSA) is 80.7 Å².